The molecule has 0 aromatic heterocycles. The van der Waals surface area contributed by atoms with Crippen LogP contribution in [0.2, 0.25) is 30.2 Å². The summed E-state index contributed by atoms with van der Waals surface area (Å²) in [5.74, 6) is 7.59. The summed E-state index contributed by atoms with van der Waals surface area (Å²) in [5.41, 5.74) is 0. The topological polar surface area (TPSA) is 0 Å². The summed E-state index contributed by atoms with van der Waals surface area (Å²) in [6, 6.07) is 0. The zero-order valence-corrected chi connectivity index (χ0v) is 50.8. The van der Waals surface area contributed by atoms with E-state index >= 15 is 0 Å². The van der Waals surface area contributed by atoms with E-state index in [9.17, 15) is 0 Å². The molecule has 0 radical (unpaired) electrons. The van der Waals surface area contributed by atoms with Gasteiger partial charge in [0.25, 0.3) is 0 Å². The predicted molar refractivity (Wildman–Crippen MR) is 302 cm³/mol. The smallest absolute Gasteiger partial charge is 0.0235 e. The van der Waals surface area contributed by atoms with Gasteiger partial charge in [0.05, 0.1) is 0 Å². The van der Waals surface area contributed by atoms with Crippen LogP contribution in [0.3, 0.4) is 0 Å². The first kappa shape index (κ1) is 47.0. The average Bonchev–Trinajstić information content (AvgIpc) is 4.18. The van der Waals surface area contributed by atoms with Crippen LogP contribution in [0.5, 0.6) is 0 Å². The van der Waals surface area contributed by atoms with Gasteiger partial charge < -0.3 is 0 Å². The van der Waals surface area contributed by atoms with Gasteiger partial charge in [0.15, 0.2) is 0 Å². The Morgan fingerprint density at radius 3 is 0.364 bits per heavy atom. The molecule has 0 N–H and O–H groups in total. The van der Waals surface area contributed by atoms with Crippen LogP contribution < -0.4 is 0 Å². The van der Waals surface area contributed by atoms with E-state index in [4.69, 9.17) is 0 Å². The molecule has 0 amide bonds. The van der Waals surface area contributed by atoms with E-state index in [0.717, 1.165) is 30.2 Å². The molecule has 0 atom stereocenters. The molecule has 13 rings (SSSR count). The molecule has 12 aliphatic carbocycles. The lowest BCUT2D eigenvalue weighted by Gasteiger charge is -2.73. The molecule has 0 spiro atoms. The summed E-state index contributed by atoms with van der Waals surface area (Å²) in [7, 11) is -6.37. The van der Waals surface area contributed by atoms with E-state index in [2.05, 4.69) is 0 Å². The first-order valence-electron chi connectivity index (χ1n) is 32.6. The highest BCUT2D eigenvalue weighted by Gasteiger charge is 2.79. The highest BCUT2D eigenvalue weighted by atomic mass is 30.1. The van der Waals surface area contributed by atoms with Crippen LogP contribution in [0.1, 0.15) is 308 Å². The Morgan fingerprint density at radius 1 is 0.152 bits per heavy atom. The van der Waals surface area contributed by atoms with Gasteiger partial charge in [0, 0.05) is 47.0 Å². The normalized spacial score (nSPS) is 40.9. The van der Waals surface area contributed by atoms with Gasteiger partial charge in [-0.25, -0.2) is 0 Å². The van der Waals surface area contributed by atoms with Gasteiger partial charge in [0.1, 0.15) is 0 Å². The fraction of sp³-hybridized carbons (Fsp3) is 1.00. The van der Waals surface area contributed by atoms with Crippen LogP contribution in [0.4, 0.5) is 0 Å². The second-order valence-electron chi connectivity index (χ2n) is 29.7. The summed E-state index contributed by atoms with van der Waals surface area (Å²) in [5, 5.41) is 6.11. The fourth-order valence-electron chi connectivity index (χ4n) is 26.9. The van der Waals surface area contributed by atoms with Gasteiger partial charge >= 0.3 is 0 Å². The third-order valence-corrected chi connectivity index (χ3v) is 154. The Bertz CT molecular complexity index is 1280. The van der Waals surface area contributed by atoms with Crippen LogP contribution in [0.15, 0.2) is 0 Å². The first-order valence-corrected chi connectivity index (χ1v) is 52.1. The third-order valence-electron chi connectivity index (χ3n) is 28.5. The minimum Gasteiger partial charge on any atom is -0.0531 e. The molecule has 0 unspecified atom stereocenters. The molecule has 1 saturated heterocycles. The van der Waals surface area contributed by atoms with Crippen LogP contribution in [0.25, 0.3) is 0 Å². The molecule has 12 saturated carbocycles. The van der Waals surface area contributed by atoms with Crippen molar-refractivity contribution in [3.63, 3.8) is 0 Å². The second kappa shape index (κ2) is 19.2. The highest BCUT2D eigenvalue weighted by Crippen LogP contribution is 2.78. The van der Waals surface area contributed by atoms with Crippen LogP contribution in [0, 0.1) is 35.5 Å². The van der Waals surface area contributed by atoms with E-state index < -0.39 is 47.0 Å². The molecular weight excluding hydrogens is 889 g/mol. The summed E-state index contributed by atoms with van der Waals surface area (Å²) in [4.78, 5) is 0. The van der Waals surface area contributed by atoms with Crippen molar-refractivity contribution in [1.82, 2.24) is 0 Å². The average molecular weight is 998 g/mol. The van der Waals surface area contributed by atoms with Crippen molar-refractivity contribution in [2.75, 3.05) is 0 Å². The molecule has 0 nitrogen and oxygen atoms in total. The standard InChI is InChI=1S/C60H108Si6/c1-2-26-49(25-1)55(37-13-14-38-55)61-62(56(39-15-16-40-56)50-27-3-4-28-50)64(58(43-19-20-44-58)52-31-7-8-32-52)66(60(47-23-24-48-60)54-35-11-12-36-54)65(59(45-21-22-46-59)53-33-9-10-34-53)63(61)57(41-17-18-42-57)51-29-5-6-30-51/h49-54,61-66H,1-48H2. The molecule has 0 bridgehead atoms. The quantitative estimate of drug-likeness (QED) is 0.171. The Kier molecular flexibility index (Phi) is 13.7. The second-order valence-corrected chi connectivity index (χ2v) is 82.6. The summed E-state index contributed by atoms with van der Waals surface area (Å²) in [6.45, 7) is 0. The number of rotatable bonds is 12. The summed E-state index contributed by atoms with van der Waals surface area (Å²) < 4.78 is 0. The summed E-state index contributed by atoms with van der Waals surface area (Å²) in [6.07, 6.45) is 84.8. The van der Waals surface area contributed by atoms with Crippen molar-refractivity contribution in [1.29, 1.82) is 0 Å². The summed E-state index contributed by atoms with van der Waals surface area (Å²) >= 11 is 0. The van der Waals surface area contributed by atoms with E-state index in [1.807, 2.05) is 77.0 Å². The van der Waals surface area contributed by atoms with Crippen molar-refractivity contribution in [2.45, 2.75) is 338 Å². The Morgan fingerprint density at radius 2 is 0.258 bits per heavy atom. The minimum atomic E-state index is -1.06. The maximum atomic E-state index is 1.89. The van der Waals surface area contributed by atoms with Crippen LogP contribution in [-0.2, 0) is 0 Å². The largest absolute Gasteiger partial charge is 0.0531 e. The van der Waals surface area contributed by atoms with Gasteiger partial charge in [0.2, 0.25) is 0 Å². The van der Waals surface area contributed by atoms with E-state index in [1.54, 1.807) is 231 Å². The number of hydrogen-bond acceptors (Lipinski definition) is 0. The Labute approximate surface area is 418 Å². The van der Waals surface area contributed by atoms with Gasteiger partial charge in [-0.3, -0.25) is 0 Å². The zero-order valence-electron chi connectivity index (χ0n) is 43.9. The Balaban J connectivity index is 1.18. The lowest BCUT2D eigenvalue weighted by molar-refractivity contribution is 0.337. The fourth-order valence-corrected chi connectivity index (χ4v) is 290. The van der Waals surface area contributed by atoms with Gasteiger partial charge in [-0.15, -0.1) is 0 Å². The molecule has 0 aromatic carbocycles. The lowest BCUT2D eigenvalue weighted by atomic mass is 9.88. The molecule has 372 valence electrons. The third kappa shape index (κ3) is 7.23. The molecule has 1 heterocycles. The van der Waals surface area contributed by atoms with Gasteiger partial charge in [-0.1, -0.05) is 308 Å². The predicted octanol–water partition coefficient (Wildman–Crippen LogP) is 16.9. The van der Waals surface area contributed by atoms with E-state index in [1.165, 1.54) is 35.5 Å². The van der Waals surface area contributed by atoms with Crippen molar-refractivity contribution >= 4 is 47.0 Å². The van der Waals surface area contributed by atoms with Crippen molar-refractivity contribution in [2.24, 2.45) is 35.5 Å². The molecule has 13 aliphatic rings. The van der Waals surface area contributed by atoms with E-state index in [0.29, 0.717) is 0 Å². The minimum absolute atomic E-state index is 1.02. The van der Waals surface area contributed by atoms with Crippen molar-refractivity contribution in [3.8, 4) is 0 Å². The van der Waals surface area contributed by atoms with Crippen molar-refractivity contribution in [3.05, 3.63) is 0 Å². The van der Waals surface area contributed by atoms with Crippen LogP contribution >= 0.6 is 0 Å². The van der Waals surface area contributed by atoms with Gasteiger partial charge in [-0.2, -0.15) is 0 Å². The SMILES string of the molecule is C1CCC(C2([SiH]3[SiH](C4(C5CCCC5)CCCC4)[SiH](C4(C5CCCC5)CCCC4)[SiH](C4(C5CCCC5)CCCC4)[SiH](C4(C5CCCC5)CCCC4)[SiH]3C3(C4CCCC4)CCCC3)CCCC2)C1. The van der Waals surface area contributed by atoms with E-state index in [-0.39, 0.29) is 0 Å². The molecule has 1 aliphatic heterocycles. The lowest BCUT2D eigenvalue weighted by Crippen LogP contribution is -2.90. The first-order chi connectivity index (χ1) is 32.6. The maximum absolute atomic E-state index is 1.89. The Hall–Kier alpha value is 1.30. The van der Waals surface area contributed by atoms with Crippen LogP contribution in [-0.4, -0.2) is 47.0 Å². The molecular formula is C60H108Si6. The molecule has 13 fully saturated rings. The molecule has 0 aromatic rings. The number of hydrogen-bond donors (Lipinski definition) is 0. The molecule has 66 heavy (non-hydrogen) atoms. The maximum Gasteiger partial charge on any atom is 0.0235 e. The molecule has 6 heteroatoms. The monoisotopic (exact) mass is 997 g/mol. The van der Waals surface area contributed by atoms with Gasteiger partial charge in [-0.05, 0) is 65.7 Å². The highest BCUT2D eigenvalue weighted by molar-refractivity contribution is 7.97. The zero-order chi connectivity index (χ0) is 43.9. The van der Waals surface area contributed by atoms with Crippen molar-refractivity contribution < 1.29 is 0 Å².